The van der Waals surface area contributed by atoms with E-state index < -0.39 is 12.0 Å². The molecule has 2 unspecified atom stereocenters. The molecule has 4 rings (SSSR count). The standard InChI is InChI=1S/C24H27N3O4S/c1-15(2)13-20-25-21(31-26-20)14-30-24(29)18-10-11-22(28)27(17-8-6-16(3)7-9-17)23(18)19-5-4-12-32-19/h4-9,12,15,18,23H,10-11,13-14H2,1-3H3. The molecule has 0 aliphatic carbocycles. The molecule has 0 saturated carbocycles. The molecule has 0 spiro atoms. The molecule has 3 heterocycles. The van der Waals surface area contributed by atoms with Crippen LogP contribution >= 0.6 is 11.3 Å². The van der Waals surface area contributed by atoms with Gasteiger partial charge in [-0.2, -0.15) is 4.98 Å². The molecule has 7 nitrogen and oxygen atoms in total. The number of benzene rings is 1. The zero-order valence-corrected chi connectivity index (χ0v) is 19.3. The first-order valence-electron chi connectivity index (χ1n) is 10.8. The fraction of sp³-hybridized carbons (Fsp3) is 0.417. The average Bonchev–Trinajstić information content (AvgIpc) is 3.44. The van der Waals surface area contributed by atoms with Crippen molar-refractivity contribution in [1.29, 1.82) is 0 Å². The minimum atomic E-state index is -0.481. The Labute approximate surface area is 191 Å². The van der Waals surface area contributed by atoms with Gasteiger partial charge in [-0.3, -0.25) is 9.59 Å². The summed E-state index contributed by atoms with van der Waals surface area (Å²) in [6, 6.07) is 11.3. The molecular weight excluding hydrogens is 426 g/mol. The van der Waals surface area contributed by atoms with Crippen LogP contribution < -0.4 is 4.90 Å². The van der Waals surface area contributed by atoms with Crippen LogP contribution in [0.25, 0.3) is 0 Å². The van der Waals surface area contributed by atoms with Crippen molar-refractivity contribution in [1.82, 2.24) is 10.1 Å². The second-order valence-electron chi connectivity index (χ2n) is 8.51. The van der Waals surface area contributed by atoms with Crippen molar-refractivity contribution in [3.8, 4) is 0 Å². The first-order chi connectivity index (χ1) is 15.4. The van der Waals surface area contributed by atoms with E-state index >= 15 is 0 Å². The molecule has 3 aromatic rings. The largest absolute Gasteiger partial charge is 0.455 e. The highest BCUT2D eigenvalue weighted by Gasteiger charge is 2.43. The lowest BCUT2D eigenvalue weighted by Crippen LogP contribution is -2.45. The van der Waals surface area contributed by atoms with Crippen molar-refractivity contribution >= 4 is 28.9 Å². The Morgan fingerprint density at radius 2 is 2.06 bits per heavy atom. The van der Waals surface area contributed by atoms with E-state index in [9.17, 15) is 9.59 Å². The monoisotopic (exact) mass is 453 g/mol. The predicted octanol–water partition coefficient (Wildman–Crippen LogP) is 4.87. The summed E-state index contributed by atoms with van der Waals surface area (Å²) in [5.74, 6) is 0.455. The first-order valence-corrected chi connectivity index (χ1v) is 11.7. The van der Waals surface area contributed by atoms with E-state index in [-0.39, 0.29) is 30.8 Å². The molecule has 1 saturated heterocycles. The van der Waals surface area contributed by atoms with Gasteiger partial charge in [0.2, 0.25) is 5.91 Å². The molecular formula is C24H27N3O4S. The van der Waals surface area contributed by atoms with Crippen LogP contribution in [0.2, 0.25) is 0 Å². The average molecular weight is 454 g/mol. The summed E-state index contributed by atoms with van der Waals surface area (Å²) >= 11 is 1.54. The fourth-order valence-electron chi connectivity index (χ4n) is 3.97. The van der Waals surface area contributed by atoms with E-state index in [1.807, 2.05) is 48.7 Å². The highest BCUT2D eigenvalue weighted by Crippen LogP contribution is 2.42. The molecule has 0 N–H and O–H groups in total. The Hall–Kier alpha value is -3.00. The van der Waals surface area contributed by atoms with Crippen molar-refractivity contribution in [3.63, 3.8) is 0 Å². The van der Waals surface area contributed by atoms with E-state index in [1.165, 1.54) is 11.3 Å². The summed E-state index contributed by atoms with van der Waals surface area (Å²) in [6.07, 6.45) is 1.42. The predicted molar refractivity (Wildman–Crippen MR) is 121 cm³/mol. The zero-order valence-electron chi connectivity index (χ0n) is 18.5. The van der Waals surface area contributed by atoms with Crippen molar-refractivity contribution in [2.24, 2.45) is 11.8 Å². The van der Waals surface area contributed by atoms with Crippen LogP contribution in [0.4, 0.5) is 5.69 Å². The van der Waals surface area contributed by atoms with Crippen LogP contribution in [0.5, 0.6) is 0 Å². The lowest BCUT2D eigenvalue weighted by molar-refractivity contribution is -0.153. The van der Waals surface area contributed by atoms with Gasteiger partial charge < -0.3 is 14.2 Å². The molecule has 0 bridgehead atoms. The van der Waals surface area contributed by atoms with Crippen LogP contribution in [0.15, 0.2) is 46.3 Å². The Kier molecular flexibility index (Phi) is 6.69. The van der Waals surface area contributed by atoms with Gasteiger partial charge in [-0.25, -0.2) is 0 Å². The van der Waals surface area contributed by atoms with Gasteiger partial charge in [0.15, 0.2) is 12.4 Å². The summed E-state index contributed by atoms with van der Waals surface area (Å²) in [6.45, 7) is 6.08. The number of aryl methyl sites for hydroxylation is 1. The number of amides is 1. The number of aromatic nitrogens is 2. The fourth-order valence-corrected chi connectivity index (χ4v) is 4.85. The Bertz CT molecular complexity index is 1060. The second-order valence-corrected chi connectivity index (χ2v) is 9.49. The number of hydrogen-bond donors (Lipinski definition) is 0. The van der Waals surface area contributed by atoms with E-state index in [0.29, 0.717) is 24.6 Å². The van der Waals surface area contributed by atoms with Gasteiger partial charge in [0, 0.05) is 23.4 Å². The Balaban J connectivity index is 1.54. The van der Waals surface area contributed by atoms with E-state index in [4.69, 9.17) is 9.26 Å². The van der Waals surface area contributed by atoms with E-state index in [1.54, 1.807) is 4.90 Å². The van der Waals surface area contributed by atoms with Crippen LogP contribution in [0.3, 0.4) is 0 Å². The summed E-state index contributed by atoms with van der Waals surface area (Å²) in [7, 11) is 0. The van der Waals surface area contributed by atoms with Gasteiger partial charge in [-0.15, -0.1) is 11.3 Å². The minimum absolute atomic E-state index is 0.00605. The summed E-state index contributed by atoms with van der Waals surface area (Å²) in [4.78, 5) is 33.1. The second kappa shape index (κ2) is 9.65. The van der Waals surface area contributed by atoms with Crippen LogP contribution in [0.1, 0.15) is 54.9 Å². The lowest BCUT2D eigenvalue weighted by atomic mass is 9.87. The number of piperidine rings is 1. The normalized spacial score (nSPS) is 18.9. The first kappa shape index (κ1) is 22.2. The van der Waals surface area contributed by atoms with Crippen LogP contribution in [-0.4, -0.2) is 22.0 Å². The highest BCUT2D eigenvalue weighted by molar-refractivity contribution is 7.10. The molecule has 32 heavy (non-hydrogen) atoms. The number of nitrogens with zero attached hydrogens (tertiary/aromatic N) is 3. The molecule has 0 radical (unpaired) electrons. The van der Waals surface area contributed by atoms with Crippen molar-refractivity contribution in [2.45, 2.75) is 52.7 Å². The van der Waals surface area contributed by atoms with Crippen molar-refractivity contribution in [2.75, 3.05) is 4.90 Å². The topological polar surface area (TPSA) is 85.5 Å². The van der Waals surface area contributed by atoms with Gasteiger partial charge in [-0.05, 0) is 42.8 Å². The molecule has 1 aliphatic rings. The van der Waals surface area contributed by atoms with E-state index in [0.717, 1.165) is 16.1 Å². The maximum Gasteiger partial charge on any atom is 0.311 e. The van der Waals surface area contributed by atoms with Crippen LogP contribution in [0, 0.1) is 18.8 Å². The van der Waals surface area contributed by atoms with Gasteiger partial charge in [-0.1, -0.05) is 42.8 Å². The number of ether oxygens (including phenoxy) is 1. The number of rotatable bonds is 7. The molecule has 1 fully saturated rings. The highest BCUT2D eigenvalue weighted by atomic mass is 32.1. The molecule has 2 atom stereocenters. The summed E-state index contributed by atoms with van der Waals surface area (Å²) in [5, 5.41) is 5.90. The summed E-state index contributed by atoms with van der Waals surface area (Å²) in [5.41, 5.74) is 1.89. The number of anilines is 1. The van der Waals surface area contributed by atoms with Crippen molar-refractivity contribution in [3.05, 3.63) is 63.9 Å². The van der Waals surface area contributed by atoms with Gasteiger partial charge in [0.1, 0.15) is 0 Å². The number of esters is 1. The Morgan fingerprint density at radius 3 is 2.75 bits per heavy atom. The SMILES string of the molecule is Cc1ccc(N2C(=O)CCC(C(=O)OCc3nc(CC(C)C)no3)C2c2cccs2)cc1. The maximum absolute atomic E-state index is 13.2. The van der Waals surface area contributed by atoms with E-state index in [2.05, 4.69) is 24.0 Å². The van der Waals surface area contributed by atoms with Gasteiger partial charge in [0.05, 0.1) is 12.0 Å². The third-order valence-electron chi connectivity index (χ3n) is 5.49. The maximum atomic E-state index is 13.2. The molecule has 1 aliphatic heterocycles. The molecule has 1 amide bonds. The minimum Gasteiger partial charge on any atom is -0.455 e. The third kappa shape index (κ3) is 4.91. The van der Waals surface area contributed by atoms with Gasteiger partial charge >= 0.3 is 5.97 Å². The number of carbonyl (C=O) groups excluding carboxylic acids is 2. The lowest BCUT2D eigenvalue weighted by Gasteiger charge is -2.39. The van der Waals surface area contributed by atoms with Crippen LogP contribution in [-0.2, 0) is 27.4 Å². The molecule has 168 valence electrons. The molecule has 1 aromatic carbocycles. The number of thiophene rings is 1. The zero-order chi connectivity index (χ0) is 22.7. The third-order valence-corrected chi connectivity index (χ3v) is 6.43. The number of hydrogen-bond acceptors (Lipinski definition) is 7. The smallest absolute Gasteiger partial charge is 0.311 e. The summed E-state index contributed by atoms with van der Waals surface area (Å²) < 4.78 is 10.8. The van der Waals surface area contributed by atoms with Gasteiger partial charge in [0.25, 0.3) is 5.89 Å². The molecule has 8 heteroatoms. The Morgan fingerprint density at radius 1 is 1.28 bits per heavy atom. The quantitative estimate of drug-likeness (QED) is 0.475. The number of carbonyl (C=O) groups is 2. The van der Waals surface area contributed by atoms with Crippen molar-refractivity contribution < 1.29 is 18.8 Å². The molecule has 2 aromatic heterocycles.